The molecular formula is C30H26F3N7O2S. The lowest BCUT2D eigenvalue weighted by Crippen LogP contribution is -2.38. The number of halogens is 3. The molecule has 220 valence electrons. The quantitative estimate of drug-likeness (QED) is 0.266. The second-order valence-electron chi connectivity index (χ2n) is 10.3. The maximum Gasteiger partial charge on any atom is 0.416 e. The Balaban J connectivity index is 1.09. The van der Waals surface area contributed by atoms with E-state index in [-0.39, 0.29) is 17.1 Å². The fraction of sp³-hybridized carbons (Fsp3) is 0.267. The van der Waals surface area contributed by atoms with Gasteiger partial charge in [-0.15, -0.1) is 0 Å². The zero-order valence-corrected chi connectivity index (χ0v) is 23.6. The van der Waals surface area contributed by atoms with Gasteiger partial charge in [-0.25, -0.2) is 9.97 Å². The van der Waals surface area contributed by atoms with E-state index in [1.54, 1.807) is 30.6 Å². The number of aromatic nitrogens is 4. The Morgan fingerprint density at radius 1 is 1.02 bits per heavy atom. The highest BCUT2D eigenvalue weighted by Crippen LogP contribution is 2.34. The molecule has 5 heterocycles. The summed E-state index contributed by atoms with van der Waals surface area (Å²) in [6.07, 6.45) is 1.96. The maximum atomic E-state index is 13.8. The average molecular weight is 606 g/mol. The number of rotatable bonds is 7. The molecule has 2 aliphatic heterocycles. The van der Waals surface area contributed by atoms with Crippen molar-refractivity contribution in [2.24, 2.45) is 5.92 Å². The van der Waals surface area contributed by atoms with Crippen molar-refractivity contribution >= 4 is 45.8 Å². The van der Waals surface area contributed by atoms with Crippen LogP contribution in [0.25, 0.3) is 28.2 Å². The zero-order chi connectivity index (χ0) is 30.0. The molecule has 2 saturated heterocycles. The second-order valence-corrected chi connectivity index (χ2v) is 11.3. The Bertz CT molecular complexity index is 1720. The number of nitrogens with one attached hydrogen (secondary N) is 2. The molecule has 13 heteroatoms. The van der Waals surface area contributed by atoms with E-state index in [1.807, 2.05) is 24.3 Å². The Labute approximate surface area is 249 Å². The van der Waals surface area contributed by atoms with Crippen LogP contribution in [0.1, 0.15) is 29.8 Å². The zero-order valence-electron chi connectivity index (χ0n) is 22.8. The van der Waals surface area contributed by atoms with E-state index >= 15 is 0 Å². The van der Waals surface area contributed by atoms with Gasteiger partial charge in [0.1, 0.15) is 0 Å². The third-order valence-electron chi connectivity index (χ3n) is 7.35. The number of amides is 2. The third kappa shape index (κ3) is 6.67. The van der Waals surface area contributed by atoms with Gasteiger partial charge < -0.3 is 10.2 Å². The van der Waals surface area contributed by atoms with Gasteiger partial charge in [0, 0.05) is 43.0 Å². The first-order valence-electron chi connectivity index (χ1n) is 13.7. The van der Waals surface area contributed by atoms with Crippen LogP contribution >= 0.6 is 11.8 Å². The summed E-state index contributed by atoms with van der Waals surface area (Å²) >= 11 is 0.836. The Hall–Kier alpha value is -4.36. The molecule has 2 fully saturated rings. The van der Waals surface area contributed by atoms with E-state index in [0.717, 1.165) is 42.1 Å². The van der Waals surface area contributed by atoms with Crippen molar-refractivity contribution in [2.45, 2.75) is 25.6 Å². The molecule has 0 radical (unpaired) electrons. The summed E-state index contributed by atoms with van der Waals surface area (Å²) < 4.78 is 41.4. The van der Waals surface area contributed by atoms with Gasteiger partial charge in [-0.3, -0.25) is 24.9 Å². The van der Waals surface area contributed by atoms with E-state index in [9.17, 15) is 22.8 Å². The van der Waals surface area contributed by atoms with Crippen LogP contribution in [0.15, 0.2) is 65.8 Å². The molecule has 0 atom stereocenters. The topological polar surface area (TPSA) is 113 Å². The molecule has 2 amide bonds. The number of fused-ring (bicyclic) bond motifs is 1. The smallest absolute Gasteiger partial charge is 0.341 e. The van der Waals surface area contributed by atoms with E-state index in [1.165, 1.54) is 0 Å². The van der Waals surface area contributed by atoms with Crippen LogP contribution in [0.5, 0.6) is 0 Å². The summed E-state index contributed by atoms with van der Waals surface area (Å²) in [4.78, 5) is 43.4. The summed E-state index contributed by atoms with van der Waals surface area (Å²) in [5, 5.41) is 5.87. The lowest BCUT2D eigenvalue weighted by molar-refractivity contribution is -0.137. The number of imide groups is 1. The minimum atomic E-state index is -4.50. The number of nitrogens with zero attached hydrogens (tertiary/aromatic N) is 5. The first kappa shape index (κ1) is 28.7. The van der Waals surface area contributed by atoms with Gasteiger partial charge >= 0.3 is 6.18 Å². The lowest BCUT2D eigenvalue weighted by Gasteiger charge is -2.32. The highest BCUT2D eigenvalue weighted by Gasteiger charge is 2.32. The number of carbonyl (C=O) groups is 2. The number of alkyl halides is 3. The fourth-order valence-electron chi connectivity index (χ4n) is 5.19. The maximum absolute atomic E-state index is 13.8. The van der Waals surface area contributed by atoms with Crippen molar-refractivity contribution in [1.29, 1.82) is 0 Å². The van der Waals surface area contributed by atoms with Crippen LogP contribution in [0.4, 0.5) is 23.9 Å². The molecule has 4 aromatic rings. The summed E-state index contributed by atoms with van der Waals surface area (Å²) in [6.45, 7) is 2.25. The number of carbonyl (C=O) groups excluding carboxylic acids is 2. The lowest BCUT2D eigenvalue weighted by atomic mass is 9.97. The highest BCUT2D eigenvalue weighted by molar-refractivity contribution is 8.18. The van der Waals surface area contributed by atoms with Gasteiger partial charge in [-0.2, -0.15) is 13.2 Å². The van der Waals surface area contributed by atoms with Crippen molar-refractivity contribution in [3.63, 3.8) is 0 Å². The molecule has 0 unspecified atom stereocenters. The van der Waals surface area contributed by atoms with E-state index in [4.69, 9.17) is 0 Å². The number of thioether (sulfide) groups is 1. The minimum absolute atomic E-state index is 0.202. The number of para-hydroxylation sites is 1. The van der Waals surface area contributed by atoms with Gasteiger partial charge in [-0.05, 0) is 73.5 Å². The van der Waals surface area contributed by atoms with Crippen LogP contribution in [0.2, 0.25) is 0 Å². The van der Waals surface area contributed by atoms with E-state index in [0.29, 0.717) is 54.0 Å². The van der Waals surface area contributed by atoms with Crippen molar-refractivity contribution in [1.82, 2.24) is 30.6 Å². The van der Waals surface area contributed by atoms with Crippen molar-refractivity contribution in [3.05, 3.63) is 82.8 Å². The molecule has 2 N–H and O–H groups in total. The predicted octanol–water partition coefficient (Wildman–Crippen LogP) is 5.44. The van der Waals surface area contributed by atoms with Gasteiger partial charge in [0.05, 0.1) is 33.1 Å². The molecule has 43 heavy (non-hydrogen) atoms. The Morgan fingerprint density at radius 3 is 2.58 bits per heavy atom. The number of piperidine rings is 1. The van der Waals surface area contributed by atoms with Gasteiger partial charge in [0.25, 0.3) is 11.1 Å². The number of hydrogen-bond acceptors (Lipinski definition) is 9. The number of anilines is 1. The number of benzene rings is 1. The van der Waals surface area contributed by atoms with Crippen LogP contribution < -0.4 is 15.5 Å². The normalized spacial score (nSPS) is 17.2. The van der Waals surface area contributed by atoms with Crippen molar-refractivity contribution in [2.75, 3.05) is 24.5 Å². The Morgan fingerprint density at radius 2 is 1.81 bits per heavy atom. The monoisotopic (exact) mass is 605 g/mol. The first-order valence-corrected chi connectivity index (χ1v) is 14.5. The largest absolute Gasteiger partial charge is 0.416 e. The summed E-state index contributed by atoms with van der Waals surface area (Å²) in [6, 6.07) is 12.9. The summed E-state index contributed by atoms with van der Waals surface area (Å²) in [5.41, 5.74) is 1.67. The van der Waals surface area contributed by atoms with Crippen LogP contribution in [-0.2, 0) is 17.5 Å². The first-order chi connectivity index (χ1) is 20.7. The van der Waals surface area contributed by atoms with Gasteiger partial charge in [-0.1, -0.05) is 18.2 Å². The fourth-order valence-corrected chi connectivity index (χ4v) is 5.86. The molecule has 0 saturated carbocycles. The number of hydrogen-bond donors (Lipinski definition) is 2. The Kier molecular flexibility index (Phi) is 8.08. The molecule has 2 aliphatic rings. The van der Waals surface area contributed by atoms with Gasteiger partial charge in [0.15, 0.2) is 0 Å². The molecule has 0 spiro atoms. The van der Waals surface area contributed by atoms with Crippen LogP contribution in [0.3, 0.4) is 0 Å². The average Bonchev–Trinajstić information content (AvgIpc) is 3.32. The SMILES string of the molecule is O=C1NC(=O)C(=Cc2ccnc(N3CCC(CNCc4cc(C(F)(F)F)cc(-c5ccnc6ccccc56)n4)CC3)n2)S1. The summed E-state index contributed by atoms with van der Waals surface area (Å²) in [5.74, 6) is 0.422. The van der Waals surface area contributed by atoms with E-state index in [2.05, 4.69) is 35.5 Å². The summed E-state index contributed by atoms with van der Waals surface area (Å²) in [7, 11) is 0. The second kappa shape index (κ2) is 12.1. The highest BCUT2D eigenvalue weighted by atomic mass is 32.2. The predicted molar refractivity (Wildman–Crippen MR) is 158 cm³/mol. The molecule has 0 bridgehead atoms. The molecular weight excluding hydrogens is 579 g/mol. The molecule has 3 aromatic heterocycles. The molecule has 6 rings (SSSR count). The van der Waals surface area contributed by atoms with E-state index < -0.39 is 22.9 Å². The van der Waals surface area contributed by atoms with Crippen LogP contribution in [0, 0.1) is 5.92 Å². The number of pyridine rings is 2. The van der Waals surface area contributed by atoms with Crippen molar-refractivity contribution in [3.8, 4) is 11.3 Å². The molecule has 9 nitrogen and oxygen atoms in total. The van der Waals surface area contributed by atoms with Crippen LogP contribution in [-0.4, -0.2) is 50.7 Å². The standard InChI is InChI=1S/C30H26F3N7O2S/c31-30(32,33)19-13-21(37-25(14-19)23-6-10-35-24-4-2-1-3-22(23)24)17-34-16-18-7-11-40(12-8-18)28-36-9-5-20(38-28)15-26-27(41)39-29(42)43-26/h1-6,9-10,13-15,18,34H,7-8,11-12,16-17H2,(H,39,41,42). The molecule has 1 aromatic carbocycles. The van der Waals surface area contributed by atoms with Crippen molar-refractivity contribution < 1.29 is 22.8 Å². The molecule has 0 aliphatic carbocycles. The third-order valence-corrected chi connectivity index (χ3v) is 8.16. The van der Waals surface area contributed by atoms with Gasteiger partial charge in [0.2, 0.25) is 5.95 Å². The minimum Gasteiger partial charge on any atom is -0.341 e.